The Hall–Kier alpha value is -3.85. The second-order valence-electron chi connectivity index (χ2n) is 8.03. The molecule has 9 heteroatoms. The monoisotopic (exact) mass is 462 g/mol. The number of aromatic nitrogens is 2. The van der Waals surface area contributed by atoms with Crippen molar-refractivity contribution in [3.63, 3.8) is 0 Å². The maximum absolute atomic E-state index is 13.4. The minimum absolute atomic E-state index is 0.0624. The predicted molar refractivity (Wildman–Crippen MR) is 130 cm³/mol. The van der Waals surface area contributed by atoms with Crippen molar-refractivity contribution in [2.75, 3.05) is 5.32 Å². The molecule has 1 atom stereocenters. The van der Waals surface area contributed by atoms with Crippen molar-refractivity contribution in [1.29, 1.82) is 0 Å². The summed E-state index contributed by atoms with van der Waals surface area (Å²) in [5.74, 6) is -0.333. The van der Waals surface area contributed by atoms with Crippen LogP contribution in [-0.4, -0.2) is 20.4 Å². The van der Waals surface area contributed by atoms with Crippen LogP contribution in [0.15, 0.2) is 52.9 Å². The molecule has 0 saturated carbocycles. The molecule has 2 aromatic heterocycles. The number of hydrogen-bond donors (Lipinski definition) is 1. The number of hydrogen-bond acceptors (Lipinski definition) is 6. The van der Waals surface area contributed by atoms with Crippen LogP contribution in [0.4, 0.5) is 11.4 Å². The number of fused-ring (bicyclic) bond motifs is 1. The molecule has 2 heterocycles. The molecule has 33 heavy (non-hydrogen) atoms. The van der Waals surface area contributed by atoms with E-state index in [4.69, 9.17) is 0 Å². The molecular weight excluding hydrogens is 440 g/mol. The summed E-state index contributed by atoms with van der Waals surface area (Å²) in [6.07, 6.45) is 1.37. The maximum atomic E-state index is 13.4. The van der Waals surface area contributed by atoms with E-state index in [1.54, 1.807) is 24.4 Å². The lowest BCUT2D eigenvalue weighted by molar-refractivity contribution is -0.384. The number of benzene rings is 2. The first kappa shape index (κ1) is 22.3. The second-order valence-corrected chi connectivity index (χ2v) is 8.89. The molecule has 168 valence electrons. The highest BCUT2D eigenvalue weighted by Crippen LogP contribution is 2.32. The molecule has 0 spiro atoms. The second kappa shape index (κ2) is 8.59. The van der Waals surface area contributed by atoms with Gasteiger partial charge in [-0.15, -0.1) is 11.3 Å². The highest BCUT2D eigenvalue weighted by Gasteiger charge is 2.22. The van der Waals surface area contributed by atoms with Crippen LogP contribution in [-0.2, 0) is 4.79 Å². The zero-order chi connectivity index (χ0) is 23.9. The van der Waals surface area contributed by atoms with Crippen LogP contribution in [0.1, 0.15) is 29.7 Å². The molecule has 0 fully saturated rings. The summed E-state index contributed by atoms with van der Waals surface area (Å²) in [7, 11) is 0. The summed E-state index contributed by atoms with van der Waals surface area (Å²) >= 11 is 1.28. The molecule has 1 amide bonds. The Bertz CT molecular complexity index is 1450. The third kappa shape index (κ3) is 4.14. The number of nitrogens with zero attached hydrogens (tertiary/aromatic N) is 3. The first-order valence-electron chi connectivity index (χ1n) is 10.3. The van der Waals surface area contributed by atoms with Crippen LogP contribution in [0, 0.1) is 30.9 Å². The first-order chi connectivity index (χ1) is 15.7. The van der Waals surface area contributed by atoms with E-state index < -0.39 is 11.0 Å². The molecule has 0 radical (unpaired) electrons. The summed E-state index contributed by atoms with van der Waals surface area (Å²) in [6, 6.07) is 9.28. The lowest BCUT2D eigenvalue weighted by atomic mass is 10.0. The highest BCUT2D eigenvalue weighted by molar-refractivity contribution is 7.17. The van der Waals surface area contributed by atoms with Gasteiger partial charge in [0.1, 0.15) is 10.9 Å². The fraction of sp³-hybridized carbons (Fsp3) is 0.208. The first-order valence-corrected chi connectivity index (χ1v) is 11.2. The normalized spacial score (nSPS) is 12.0. The van der Waals surface area contributed by atoms with Crippen LogP contribution in [0.25, 0.3) is 21.3 Å². The van der Waals surface area contributed by atoms with Crippen molar-refractivity contribution in [3.8, 4) is 11.1 Å². The maximum Gasteiger partial charge on any atom is 0.270 e. The Balaban J connectivity index is 1.73. The lowest BCUT2D eigenvalue weighted by Gasteiger charge is -2.18. The summed E-state index contributed by atoms with van der Waals surface area (Å²) < 4.78 is 1.30. The number of carbonyl (C=O) groups excluding carboxylic acids is 1. The van der Waals surface area contributed by atoms with Crippen molar-refractivity contribution in [2.45, 2.75) is 33.7 Å². The fourth-order valence-electron chi connectivity index (χ4n) is 3.95. The topological polar surface area (TPSA) is 107 Å². The summed E-state index contributed by atoms with van der Waals surface area (Å²) in [6.45, 7) is 7.49. The highest BCUT2D eigenvalue weighted by atomic mass is 32.1. The van der Waals surface area contributed by atoms with Crippen molar-refractivity contribution in [1.82, 2.24) is 9.55 Å². The van der Waals surface area contributed by atoms with Gasteiger partial charge < -0.3 is 5.32 Å². The number of rotatable bonds is 5. The van der Waals surface area contributed by atoms with E-state index in [0.29, 0.717) is 21.3 Å². The Kier molecular flexibility index (Phi) is 5.82. The zero-order valence-corrected chi connectivity index (χ0v) is 19.4. The molecule has 0 aliphatic heterocycles. The number of aryl methyl sites for hydroxylation is 3. The summed E-state index contributed by atoms with van der Waals surface area (Å²) in [4.78, 5) is 42.0. The molecule has 4 rings (SSSR count). The van der Waals surface area contributed by atoms with Gasteiger partial charge in [0.25, 0.3) is 11.2 Å². The van der Waals surface area contributed by atoms with E-state index in [9.17, 15) is 19.7 Å². The molecule has 0 aliphatic carbocycles. The van der Waals surface area contributed by atoms with E-state index in [1.165, 1.54) is 34.4 Å². The van der Waals surface area contributed by atoms with Crippen LogP contribution in [0.3, 0.4) is 0 Å². The van der Waals surface area contributed by atoms with Gasteiger partial charge in [-0.1, -0.05) is 29.8 Å². The summed E-state index contributed by atoms with van der Waals surface area (Å²) in [5.41, 5.74) is 4.40. The zero-order valence-electron chi connectivity index (χ0n) is 18.6. The van der Waals surface area contributed by atoms with Crippen molar-refractivity contribution in [3.05, 3.63) is 85.3 Å². The third-order valence-electron chi connectivity index (χ3n) is 5.61. The number of thiophene rings is 1. The number of anilines is 1. The number of nitrogens with one attached hydrogen (secondary N) is 1. The van der Waals surface area contributed by atoms with E-state index in [-0.39, 0.29) is 17.2 Å². The van der Waals surface area contributed by atoms with Crippen molar-refractivity contribution < 1.29 is 9.72 Å². The Labute approximate surface area is 193 Å². The molecular formula is C24H22N4O4S. The van der Waals surface area contributed by atoms with Gasteiger partial charge in [-0.25, -0.2) is 4.98 Å². The smallest absolute Gasteiger partial charge is 0.270 e. The molecule has 0 aliphatic rings. The van der Waals surface area contributed by atoms with Crippen LogP contribution in [0.5, 0.6) is 0 Å². The molecule has 4 aromatic rings. The summed E-state index contributed by atoms with van der Waals surface area (Å²) in [5, 5.41) is 16.2. The van der Waals surface area contributed by atoms with E-state index in [2.05, 4.69) is 10.3 Å². The van der Waals surface area contributed by atoms with Crippen LogP contribution in [0.2, 0.25) is 0 Å². The van der Waals surface area contributed by atoms with Gasteiger partial charge in [0.15, 0.2) is 0 Å². The Morgan fingerprint density at radius 1 is 1.18 bits per heavy atom. The molecule has 0 bridgehead atoms. The van der Waals surface area contributed by atoms with E-state index in [1.807, 2.05) is 32.9 Å². The van der Waals surface area contributed by atoms with E-state index >= 15 is 0 Å². The number of non-ortho nitro benzene ring substituents is 1. The average Bonchev–Trinajstić information content (AvgIpc) is 3.21. The minimum atomic E-state index is -0.813. The van der Waals surface area contributed by atoms with Gasteiger partial charge in [0.05, 0.1) is 16.6 Å². The van der Waals surface area contributed by atoms with E-state index in [0.717, 1.165) is 22.4 Å². The van der Waals surface area contributed by atoms with Crippen LogP contribution < -0.4 is 10.9 Å². The number of nitro benzene ring substituents is 1. The SMILES string of the molecule is Cc1cc(C)c(NC(=O)C(C)n2cnc3scc(-c4cccc([N+](=O)[O-])c4)c3c2=O)c(C)c1. The Morgan fingerprint density at radius 3 is 2.55 bits per heavy atom. The molecule has 2 aromatic carbocycles. The molecule has 1 N–H and O–H groups in total. The number of nitro groups is 1. The largest absolute Gasteiger partial charge is 0.324 e. The van der Waals surface area contributed by atoms with Crippen molar-refractivity contribution >= 4 is 38.8 Å². The average molecular weight is 463 g/mol. The predicted octanol–water partition coefficient (Wildman–Crippen LogP) is 5.16. The molecule has 0 saturated heterocycles. The van der Waals surface area contributed by atoms with Gasteiger partial charge in [0, 0.05) is 28.8 Å². The fourth-order valence-corrected chi connectivity index (χ4v) is 4.86. The molecule has 8 nitrogen and oxygen atoms in total. The standard InChI is InChI=1S/C24H22N4O4S/c1-13-8-14(2)21(15(3)9-13)26-22(29)16(4)27-12-25-23-20(24(27)30)19(11-33-23)17-6-5-7-18(10-17)28(31)32/h5-12,16H,1-4H3,(H,26,29). The van der Waals surface area contributed by atoms with Crippen molar-refractivity contribution in [2.24, 2.45) is 0 Å². The lowest BCUT2D eigenvalue weighted by Crippen LogP contribution is -2.32. The Morgan fingerprint density at radius 2 is 1.88 bits per heavy atom. The van der Waals surface area contributed by atoms with Gasteiger partial charge in [0.2, 0.25) is 5.91 Å². The van der Waals surface area contributed by atoms with Gasteiger partial charge in [-0.05, 0) is 44.4 Å². The molecule has 1 unspecified atom stereocenters. The van der Waals surface area contributed by atoms with Gasteiger partial charge in [-0.3, -0.25) is 24.3 Å². The van der Waals surface area contributed by atoms with Crippen LogP contribution >= 0.6 is 11.3 Å². The number of carbonyl (C=O) groups is 1. The van der Waals surface area contributed by atoms with Gasteiger partial charge >= 0.3 is 0 Å². The minimum Gasteiger partial charge on any atom is -0.324 e. The van der Waals surface area contributed by atoms with Gasteiger partial charge in [-0.2, -0.15) is 0 Å². The number of amides is 1. The third-order valence-corrected chi connectivity index (χ3v) is 6.50. The quantitative estimate of drug-likeness (QED) is 0.326.